The number of aromatic nitrogens is 1. The van der Waals surface area contributed by atoms with Crippen molar-refractivity contribution in [1.29, 1.82) is 0 Å². The summed E-state index contributed by atoms with van der Waals surface area (Å²) in [5, 5.41) is 12.8. The maximum atomic E-state index is 2.67. The Morgan fingerprint density at radius 2 is 1.20 bits per heavy atom. The molecule has 0 N–H and O–H groups in total. The van der Waals surface area contributed by atoms with Gasteiger partial charge in [-0.25, -0.2) is 0 Å². The summed E-state index contributed by atoms with van der Waals surface area (Å²) < 4.78 is 2.67. The van der Waals surface area contributed by atoms with Gasteiger partial charge in [-0.05, 0) is 73.6 Å². The summed E-state index contributed by atoms with van der Waals surface area (Å²) in [5.41, 5.74) is 10.5. The normalized spacial score (nSPS) is 13.4. The van der Waals surface area contributed by atoms with Crippen molar-refractivity contribution in [1.82, 2.24) is 4.48 Å². The predicted octanol–water partition coefficient (Wildman–Crippen LogP) is 9.73. The third-order valence-electron chi connectivity index (χ3n) is 9.97. The van der Waals surface area contributed by atoms with E-state index in [-0.39, 0.29) is 6.85 Å². The van der Waals surface area contributed by atoms with Crippen molar-refractivity contribution in [2.45, 2.75) is 0 Å². The van der Waals surface area contributed by atoms with Crippen LogP contribution in [0.15, 0.2) is 139 Å². The number of anilines is 3. The van der Waals surface area contributed by atoms with Gasteiger partial charge in [-0.15, -0.1) is 11.3 Å². The van der Waals surface area contributed by atoms with Crippen molar-refractivity contribution < 1.29 is 0 Å². The number of hydrogen-bond acceptors (Lipinski definition) is 2. The summed E-state index contributed by atoms with van der Waals surface area (Å²) in [7, 11) is 0. The zero-order valence-electron chi connectivity index (χ0n) is 23.7. The predicted molar refractivity (Wildman–Crippen MR) is 190 cm³/mol. The van der Waals surface area contributed by atoms with Crippen molar-refractivity contribution in [3.8, 4) is 10.4 Å². The summed E-state index contributed by atoms with van der Waals surface area (Å²) in [5.74, 6) is 0. The molecule has 2 aromatic heterocycles. The van der Waals surface area contributed by atoms with E-state index in [2.05, 4.69) is 148 Å². The Kier molecular flexibility index (Phi) is 4.32. The fraction of sp³-hybridized carbons (Fsp3) is 0. The molecule has 202 valence electrons. The highest BCUT2D eigenvalue weighted by Gasteiger charge is 2.44. The fourth-order valence-corrected chi connectivity index (χ4v) is 9.23. The molecule has 0 aliphatic carbocycles. The standard InChI is InChI=1S/C40H23BN2S/c1-2-10-26-20-29(18-16-24(26)8-1)42-34-19-17-25-9-5-6-13-30(25)37(34)41-38-36(42)23-44-40(38)32-15-7-14-31-33-21-27-11-3-4-12-28(27)22-35(33)43(41)39(31)32/h1-23H. The number of para-hydroxylation sites is 1. The lowest BCUT2D eigenvalue weighted by atomic mass is 9.45. The molecule has 0 unspecified atom stereocenters. The molecule has 2 nitrogen and oxygen atoms in total. The number of hydrogen-bond donors (Lipinski definition) is 0. The van der Waals surface area contributed by atoms with Crippen molar-refractivity contribution in [3.63, 3.8) is 0 Å². The lowest BCUT2D eigenvalue weighted by Gasteiger charge is -2.38. The van der Waals surface area contributed by atoms with Crippen LogP contribution in [-0.4, -0.2) is 11.3 Å². The Morgan fingerprint density at radius 3 is 2.07 bits per heavy atom. The highest BCUT2D eigenvalue weighted by atomic mass is 32.1. The largest absolute Gasteiger partial charge is 0.375 e. The maximum absolute atomic E-state index is 2.67. The molecule has 44 heavy (non-hydrogen) atoms. The molecular formula is C40H23BN2S. The Hall–Kier alpha value is -5.32. The number of thiophene rings is 1. The molecule has 11 rings (SSSR count). The lowest BCUT2D eigenvalue weighted by molar-refractivity contribution is 1.28. The topological polar surface area (TPSA) is 8.17 Å². The minimum Gasteiger partial charge on any atom is -0.375 e. The SMILES string of the molecule is c1ccc2cc(N3c4csc5c4B(c4c3ccc3ccccc43)n3c4cc6ccccc6cc4c4cccc-5c43)ccc2c1. The summed E-state index contributed by atoms with van der Waals surface area (Å²) >= 11 is 1.89. The van der Waals surface area contributed by atoms with E-state index in [1.807, 2.05) is 11.3 Å². The number of fused-ring (bicyclic) bond motifs is 11. The van der Waals surface area contributed by atoms with Crippen LogP contribution in [0.5, 0.6) is 0 Å². The summed E-state index contributed by atoms with van der Waals surface area (Å²) in [4.78, 5) is 3.91. The van der Waals surface area contributed by atoms with Crippen LogP contribution in [0.3, 0.4) is 0 Å². The van der Waals surface area contributed by atoms with E-state index in [0.29, 0.717) is 0 Å². The average molecular weight is 575 g/mol. The zero-order valence-corrected chi connectivity index (χ0v) is 24.5. The second-order valence-electron chi connectivity index (χ2n) is 12.1. The van der Waals surface area contributed by atoms with E-state index >= 15 is 0 Å². The smallest absolute Gasteiger partial charge is 0.334 e. The van der Waals surface area contributed by atoms with Gasteiger partial charge in [0.05, 0.1) is 5.69 Å². The molecule has 4 heteroatoms. The van der Waals surface area contributed by atoms with Crippen LogP contribution < -0.4 is 15.8 Å². The first-order chi connectivity index (χ1) is 21.8. The highest BCUT2D eigenvalue weighted by molar-refractivity contribution is 7.17. The van der Waals surface area contributed by atoms with Crippen LogP contribution in [0.25, 0.3) is 64.6 Å². The average Bonchev–Trinajstić information content (AvgIpc) is 3.66. The molecular weight excluding hydrogens is 551 g/mol. The van der Waals surface area contributed by atoms with E-state index < -0.39 is 0 Å². The summed E-state index contributed by atoms with van der Waals surface area (Å²) in [6, 6.07) is 49.7. The molecule has 9 aromatic rings. The molecule has 2 aliphatic rings. The van der Waals surface area contributed by atoms with Gasteiger partial charge in [0.15, 0.2) is 0 Å². The monoisotopic (exact) mass is 574 g/mol. The van der Waals surface area contributed by atoms with Gasteiger partial charge >= 0.3 is 6.85 Å². The molecule has 0 bridgehead atoms. The van der Waals surface area contributed by atoms with E-state index in [1.54, 1.807) is 0 Å². The number of benzene rings is 7. The Balaban J connectivity index is 1.31. The van der Waals surface area contributed by atoms with Crippen molar-refractivity contribution in [3.05, 3.63) is 139 Å². The first kappa shape index (κ1) is 23.2. The summed E-state index contributed by atoms with van der Waals surface area (Å²) in [6.07, 6.45) is 0. The van der Waals surface area contributed by atoms with Crippen LogP contribution in [0, 0.1) is 0 Å². The molecule has 0 atom stereocenters. The van der Waals surface area contributed by atoms with Gasteiger partial charge in [0.25, 0.3) is 0 Å². The Bertz CT molecular complexity index is 2700. The Labute approximate surface area is 258 Å². The minimum atomic E-state index is 0.0696. The first-order valence-electron chi connectivity index (χ1n) is 15.2. The molecule has 2 aliphatic heterocycles. The minimum absolute atomic E-state index is 0.0696. The van der Waals surface area contributed by atoms with Gasteiger partial charge in [-0.3, -0.25) is 0 Å². The fourth-order valence-electron chi connectivity index (χ4n) is 8.13. The van der Waals surface area contributed by atoms with Crippen LogP contribution in [0.2, 0.25) is 0 Å². The molecule has 0 radical (unpaired) electrons. The van der Waals surface area contributed by atoms with Crippen LogP contribution in [0.1, 0.15) is 0 Å². The maximum Gasteiger partial charge on any atom is 0.334 e. The van der Waals surface area contributed by atoms with Crippen molar-refractivity contribution >= 4 is 100 Å². The molecule has 0 saturated carbocycles. The first-order valence-corrected chi connectivity index (χ1v) is 16.1. The van der Waals surface area contributed by atoms with Gasteiger partial charge in [0.2, 0.25) is 0 Å². The highest BCUT2D eigenvalue weighted by Crippen LogP contribution is 2.48. The Morgan fingerprint density at radius 1 is 0.500 bits per heavy atom. The molecule has 0 saturated heterocycles. The lowest BCUT2D eigenvalue weighted by Crippen LogP contribution is -2.56. The van der Waals surface area contributed by atoms with Crippen molar-refractivity contribution in [2.24, 2.45) is 0 Å². The van der Waals surface area contributed by atoms with Gasteiger partial charge < -0.3 is 9.38 Å². The third kappa shape index (κ3) is 2.82. The third-order valence-corrected chi connectivity index (χ3v) is 11.0. The van der Waals surface area contributed by atoms with Gasteiger partial charge in [-0.1, -0.05) is 103 Å². The molecule has 4 heterocycles. The molecule has 7 aromatic carbocycles. The summed E-state index contributed by atoms with van der Waals surface area (Å²) in [6.45, 7) is 0.0696. The van der Waals surface area contributed by atoms with Crippen molar-refractivity contribution in [2.75, 3.05) is 4.90 Å². The zero-order chi connectivity index (χ0) is 28.5. The molecule has 0 amide bonds. The van der Waals surface area contributed by atoms with E-state index in [0.717, 1.165) is 0 Å². The van der Waals surface area contributed by atoms with E-state index in [1.165, 1.54) is 92.6 Å². The van der Waals surface area contributed by atoms with Gasteiger partial charge in [0, 0.05) is 49.0 Å². The van der Waals surface area contributed by atoms with Crippen LogP contribution in [0.4, 0.5) is 17.1 Å². The number of rotatable bonds is 1. The van der Waals surface area contributed by atoms with E-state index in [4.69, 9.17) is 0 Å². The van der Waals surface area contributed by atoms with Crippen LogP contribution in [-0.2, 0) is 0 Å². The second kappa shape index (κ2) is 8.19. The van der Waals surface area contributed by atoms with Crippen LogP contribution >= 0.6 is 11.3 Å². The van der Waals surface area contributed by atoms with Gasteiger partial charge in [0.1, 0.15) is 0 Å². The van der Waals surface area contributed by atoms with Gasteiger partial charge in [-0.2, -0.15) is 0 Å². The number of nitrogens with zero attached hydrogens (tertiary/aromatic N) is 2. The second-order valence-corrected chi connectivity index (χ2v) is 13.0. The quantitative estimate of drug-likeness (QED) is 0.177. The van der Waals surface area contributed by atoms with E-state index in [9.17, 15) is 0 Å². The molecule has 0 fully saturated rings. The molecule has 0 spiro atoms.